The molecule has 8 heteroatoms. The van der Waals surface area contributed by atoms with Crippen molar-refractivity contribution in [2.45, 2.75) is 39.0 Å². The number of nitrogens with zero attached hydrogens (tertiary/aromatic N) is 3. The maximum absolute atomic E-state index is 12.6. The minimum atomic E-state index is -0.556. The van der Waals surface area contributed by atoms with Crippen LogP contribution in [-0.2, 0) is 11.2 Å². The zero-order valence-corrected chi connectivity index (χ0v) is 13.8. The van der Waals surface area contributed by atoms with Gasteiger partial charge in [0.1, 0.15) is 11.5 Å². The number of likely N-dealkylation sites (tertiary alicyclic amines) is 1. The average Bonchev–Trinajstić information content (AvgIpc) is 3.18. The fourth-order valence-corrected chi connectivity index (χ4v) is 3.15. The Morgan fingerprint density at radius 1 is 1.46 bits per heavy atom. The van der Waals surface area contributed by atoms with Gasteiger partial charge < -0.3 is 15.2 Å². The van der Waals surface area contributed by atoms with Crippen LogP contribution in [0.4, 0.5) is 0 Å². The first-order valence-corrected chi connectivity index (χ1v) is 8.00. The van der Waals surface area contributed by atoms with Gasteiger partial charge in [0.2, 0.25) is 5.91 Å². The van der Waals surface area contributed by atoms with Crippen molar-refractivity contribution in [3.05, 3.63) is 34.5 Å². The largest absolute Gasteiger partial charge is 0.364 e. The number of amides is 2. The molecular weight excluding hydrogens is 310 g/mol. The van der Waals surface area contributed by atoms with Gasteiger partial charge in [-0.1, -0.05) is 5.16 Å². The lowest BCUT2D eigenvalue weighted by atomic mass is 9.94. The molecule has 3 N–H and O–H groups in total. The lowest BCUT2D eigenvalue weighted by Crippen LogP contribution is -2.40. The summed E-state index contributed by atoms with van der Waals surface area (Å²) in [5.74, 6) is 0.324. The van der Waals surface area contributed by atoms with Gasteiger partial charge in [-0.05, 0) is 32.8 Å². The highest BCUT2D eigenvalue weighted by atomic mass is 16.5. The zero-order chi connectivity index (χ0) is 17.3. The number of rotatable bonds is 4. The second-order valence-corrected chi connectivity index (χ2v) is 6.23. The summed E-state index contributed by atoms with van der Waals surface area (Å²) < 4.78 is 5.12. The number of hydrogen-bond donors (Lipinski definition) is 2. The second kappa shape index (κ2) is 6.46. The number of H-pyrrole nitrogens is 1. The SMILES string of the molecule is Cc1noc(C)c1CC(=O)N1CCCC(c2cc(C(N)=O)n[nH]2)C1. The van der Waals surface area contributed by atoms with Crippen LogP contribution in [0.2, 0.25) is 0 Å². The van der Waals surface area contributed by atoms with E-state index in [2.05, 4.69) is 15.4 Å². The molecule has 2 aromatic heterocycles. The average molecular weight is 331 g/mol. The van der Waals surface area contributed by atoms with Gasteiger partial charge in [-0.25, -0.2) is 0 Å². The number of piperidine rings is 1. The third-order valence-electron chi connectivity index (χ3n) is 4.57. The van der Waals surface area contributed by atoms with Gasteiger partial charge >= 0.3 is 0 Å². The van der Waals surface area contributed by atoms with Crippen molar-refractivity contribution in [1.29, 1.82) is 0 Å². The molecule has 0 bridgehead atoms. The number of aromatic nitrogens is 3. The van der Waals surface area contributed by atoms with Crippen molar-refractivity contribution in [3.63, 3.8) is 0 Å². The van der Waals surface area contributed by atoms with E-state index in [9.17, 15) is 9.59 Å². The number of nitrogens with two attached hydrogens (primary N) is 1. The molecule has 3 rings (SSSR count). The van der Waals surface area contributed by atoms with Crippen LogP contribution < -0.4 is 5.73 Å². The molecule has 1 saturated heterocycles. The maximum atomic E-state index is 12.6. The van der Waals surface area contributed by atoms with E-state index in [1.54, 1.807) is 6.07 Å². The number of carbonyl (C=O) groups is 2. The number of aryl methyl sites for hydroxylation is 2. The molecule has 128 valence electrons. The van der Waals surface area contributed by atoms with E-state index in [4.69, 9.17) is 10.3 Å². The van der Waals surface area contributed by atoms with Crippen LogP contribution in [0.25, 0.3) is 0 Å². The van der Waals surface area contributed by atoms with E-state index in [1.165, 1.54) is 0 Å². The van der Waals surface area contributed by atoms with Gasteiger partial charge in [-0.2, -0.15) is 5.10 Å². The summed E-state index contributed by atoms with van der Waals surface area (Å²) in [6.45, 7) is 4.99. The monoisotopic (exact) mass is 331 g/mol. The first-order valence-electron chi connectivity index (χ1n) is 8.00. The van der Waals surface area contributed by atoms with Crippen molar-refractivity contribution >= 4 is 11.8 Å². The highest BCUT2D eigenvalue weighted by Gasteiger charge is 2.27. The van der Waals surface area contributed by atoms with Gasteiger partial charge in [0.15, 0.2) is 0 Å². The van der Waals surface area contributed by atoms with Crippen LogP contribution in [0.5, 0.6) is 0 Å². The van der Waals surface area contributed by atoms with Gasteiger partial charge in [-0.3, -0.25) is 14.7 Å². The smallest absolute Gasteiger partial charge is 0.269 e. The number of nitrogens with one attached hydrogen (secondary N) is 1. The molecule has 1 atom stereocenters. The van der Waals surface area contributed by atoms with Crippen LogP contribution in [0.1, 0.15) is 52.0 Å². The maximum Gasteiger partial charge on any atom is 0.269 e. The molecule has 1 fully saturated rings. The van der Waals surface area contributed by atoms with Gasteiger partial charge in [0.25, 0.3) is 5.91 Å². The minimum Gasteiger partial charge on any atom is -0.364 e. The summed E-state index contributed by atoms with van der Waals surface area (Å²) in [5, 5.41) is 10.7. The number of aromatic amines is 1. The summed E-state index contributed by atoms with van der Waals surface area (Å²) in [5.41, 5.74) is 7.93. The van der Waals surface area contributed by atoms with Crippen LogP contribution in [-0.4, -0.2) is 45.2 Å². The highest BCUT2D eigenvalue weighted by molar-refractivity contribution is 5.90. The van der Waals surface area contributed by atoms with Crippen LogP contribution in [0.3, 0.4) is 0 Å². The fourth-order valence-electron chi connectivity index (χ4n) is 3.15. The first kappa shape index (κ1) is 16.2. The van der Waals surface area contributed by atoms with E-state index in [0.29, 0.717) is 18.7 Å². The van der Waals surface area contributed by atoms with Crippen LogP contribution in [0.15, 0.2) is 10.6 Å². The van der Waals surface area contributed by atoms with E-state index >= 15 is 0 Å². The van der Waals surface area contributed by atoms with E-state index in [1.807, 2.05) is 18.7 Å². The molecular formula is C16H21N5O3. The number of hydrogen-bond acceptors (Lipinski definition) is 5. The lowest BCUT2D eigenvalue weighted by Gasteiger charge is -2.32. The van der Waals surface area contributed by atoms with Crippen molar-refractivity contribution in [3.8, 4) is 0 Å². The van der Waals surface area contributed by atoms with Gasteiger partial charge in [-0.15, -0.1) is 0 Å². The molecule has 2 amide bonds. The minimum absolute atomic E-state index is 0.0590. The van der Waals surface area contributed by atoms with E-state index < -0.39 is 5.91 Å². The van der Waals surface area contributed by atoms with Gasteiger partial charge in [0, 0.05) is 30.3 Å². The van der Waals surface area contributed by atoms with E-state index in [-0.39, 0.29) is 17.5 Å². The summed E-state index contributed by atoms with van der Waals surface area (Å²) >= 11 is 0. The Morgan fingerprint density at radius 3 is 2.88 bits per heavy atom. The predicted octanol–water partition coefficient (Wildman–Crippen LogP) is 1.06. The molecule has 0 spiro atoms. The van der Waals surface area contributed by atoms with Crippen molar-refractivity contribution in [1.82, 2.24) is 20.3 Å². The Bertz CT molecular complexity index is 744. The molecule has 2 aromatic rings. The highest BCUT2D eigenvalue weighted by Crippen LogP contribution is 2.26. The zero-order valence-electron chi connectivity index (χ0n) is 13.8. The van der Waals surface area contributed by atoms with Crippen LogP contribution in [0, 0.1) is 13.8 Å². The summed E-state index contributed by atoms with van der Waals surface area (Å²) in [6.07, 6.45) is 2.14. The molecule has 1 aliphatic heterocycles. The van der Waals surface area contributed by atoms with Crippen molar-refractivity contribution in [2.75, 3.05) is 13.1 Å². The van der Waals surface area contributed by atoms with Crippen molar-refractivity contribution in [2.24, 2.45) is 5.73 Å². The standard InChI is InChI=1S/C16H21N5O3/c1-9-12(10(2)24-20-9)6-15(22)21-5-3-4-11(8-21)13-7-14(16(17)23)19-18-13/h7,11H,3-6,8H2,1-2H3,(H2,17,23)(H,18,19). The second-order valence-electron chi connectivity index (χ2n) is 6.23. The molecule has 1 unspecified atom stereocenters. The molecule has 0 radical (unpaired) electrons. The normalized spacial score (nSPS) is 17.9. The predicted molar refractivity (Wildman–Crippen MR) is 85.3 cm³/mol. The number of primary amides is 1. The first-order chi connectivity index (χ1) is 11.5. The molecule has 0 saturated carbocycles. The lowest BCUT2D eigenvalue weighted by molar-refractivity contribution is -0.131. The Kier molecular flexibility index (Phi) is 4.37. The third-order valence-corrected chi connectivity index (χ3v) is 4.57. The molecule has 24 heavy (non-hydrogen) atoms. The Labute approximate surface area is 139 Å². The summed E-state index contributed by atoms with van der Waals surface area (Å²) in [6, 6.07) is 1.68. The quantitative estimate of drug-likeness (QED) is 0.868. The fraction of sp³-hybridized carbons (Fsp3) is 0.500. The molecule has 3 heterocycles. The summed E-state index contributed by atoms with van der Waals surface area (Å²) in [7, 11) is 0. The molecule has 8 nitrogen and oxygen atoms in total. The van der Waals surface area contributed by atoms with Crippen LogP contribution >= 0.6 is 0 Å². The Hall–Kier alpha value is -2.64. The Balaban J connectivity index is 1.68. The Morgan fingerprint density at radius 2 is 2.25 bits per heavy atom. The molecule has 1 aliphatic rings. The van der Waals surface area contributed by atoms with E-state index in [0.717, 1.165) is 36.3 Å². The molecule has 0 aliphatic carbocycles. The van der Waals surface area contributed by atoms with Crippen molar-refractivity contribution < 1.29 is 14.1 Å². The number of carbonyl (C=O) groups excluding carboxylic acids is 2. The van der Waals surface area contributed by atoms with Gasteiger partial charge in [0.05, 0.1) is 12.1 Å². The molecule has 0 aromatic carbocycles. The third kappa shape index (κ3) is 3.17. The summed E-state index contributed by atoms with van der Waals surface area (Å²) in [4.78, 5) is 25.6. The topological polar surface area (TPSA) is 118 Å².